The first-order valence-electron chi connectivity index (χ1n) is 2.86. The molecule has 1 heterocycles. The number of hydrogen-bond acceptors (Lipinski definition) is 2. The van der Waals surface area contributed by atoms with E-state index in [-0.39, 0.29) is 12.2 Å². The van der Waals surface area contributed by atoms with Crippen molar-refractivity contribution in [2.45, 2.75) is 26.1 Å². The van der Waals surface area contributed by atoms with Gasteiger partial charge in [-0.15, -0.1) is 0 Å². The number of epoxide rings is 1. The third-order valence-electron chi connectivity index (χ3n) is 1.35. The second-order valence-corrected chi connectivity index (χ2v) is 2.45. The fraction of sp³-hybridized carbons (Fsp3) is 0.833. The summed E-state index contributed by atoms with van der Waals surface area (Å²) in [6.45, 7) is 4.10. The Bertz CT molecular complexity index is 98.7. The first-order valence-corrected chi connectivity index (χ1v) is 2.86. The maximum atomic E-state index is 9.96. The van der Waals surface area contributed by atoms with Gasteiger partial charge >= 0.3 is 0 Å². The molecule has 1 saturated heterocycles. The lowest BCUT2D eigenvalue weighted by molar-refractivity contribution is -0.108. The van der Waals surface area contributed by atoms with Crippen LogP contribution in [0.4, 0.5) is 0 Å². The van der Waals surface area contributed by atoms with Gasteiger partial charge in [-0.25, -0.2) is 0 Å². The molecule has 0 saturated carbocycles. The van der Waals surface area contributed by atoms with Crippen molar-refractivity contribution in [1.82, 2.24) is 0 Å². The molecule has 0 aliphatic carbocycles. The Balaban J connectivity index is 2.26. The number of aldehydes is 1. The summed E-state index contributed by atoms with van der Waals surface area (Å²) in [6.07, 6.45) is 0.993. The number of rotatable bonds is 2. The minimum Gasteiger partial charge on any atom is -0.361 e. The summed E-state index contributed by atoms with van der Waals surface area (Å²) in [5.74, 6) is 0.491. The monoisotopic (exact) mass is 114 g/mol. The largest absolute Gasteiger partial charge is 0.361 e. The Morgan fingerprint density at radius 2 is 2.25 bits per heavy atom. The highest BCUT2D eigenvalue weighted by Gasteiger charge is 2.40. The van der Waals surface area contributed by atoms with Crippen molar-refractivity contribution >= 4 is 6.29 Å². The van der Waals surface area contributed by atoms with Crippen LogP contribution in [0.25, 0.3) is 0 Å². The number of carbonyl (C=O) groups excluding carboxylic acids is 1. The Kier molecular flexibility index (Phi) is 1.34. The van der Waals surface area contributed by atoms with Crippen LogP contribution < -0.4 is 0 Å². The molecule has 1 rings (SSSR count). The van der Waals surface area contributed by atoms with Gasteiger partial charge in [0, 0.05) is 0 Å². The van der Waals surface area contributed by atoms with Crippen molar-refractivity contribution in [2.24, 2.45) is 5.92 Å². The molecule has 0 aromatic rings. The third-order valence-corrected chi connectivity index (χ3v) is 1.35. The minimum atomic E-state index is -0.0880. The van der Waals surface area contributed by atoms with Gasteiger partial charge in [0.2, 0.25) is 0 Å². The lowest BCUT2D eigenvalue weighted by Gasteiger charge is -1.92. The van der Waals surface area contributed by atoms with Gasteiger partial charge in [0.05, 0.1) is 6.10 Å². The van der Waals surface area contributed by atoms with E-state index in [1.165, 1.54) is 0 Å². The Morgan fingerprint density at radius 1 is 1.62 bits per heavy atom. The van der Waals surface area contributed by atoms with Crippen LogP contribution in [0.1, 0.15) is 13.8 Å². The predicted octanol–water partition coefficient (Wildman–Crippen LogP) is 0.609. The summed E-state index contributed by atoms with van der Waals surface area (Å²) in [7, 11) is 0. The normalized spacial score (nSPS) is 35.4. The van der Waals surface area contributed by atoms with E-state index in [9.17, 15) is 4.79 Å². The average molecular weight is 114 g/mol. The predicted molar refractivity (Wildman–Crippen MR) is 29.6 cm³/mol. The van der Waals surface area contributed by atoms with Crippen molar-refractivity contribution in [3.05, 3.63) is 0 Å². The van der Waals surface area contributed by atoms with Gasteiger partial charge in [-0.2, -0.15) is 0 Å². The number of ether oxygens (including phenoxy) is 1. The zero-order valence-electron chi connectivity index (χ0n) is 5.13. The molecule has 0 amide bonds. The molecule has 0 radical (unpaired) electrons. The molecule has 0 aromatic carbocycles. The molecule has 8 heavy (non-hydrogen) atoms. The highest BCUT2D eigenvalue weighted by molar-refractivity contribution is 5.60. The third kappa shape index (κ3) is 0.892. The zero-order valence-corrected chi connectivity index (χ0v) is 5.13. The molecule has 2 heteroatoms. The van der Waals surface area contributed by atoms with Crippen molar-refractivity contribution in [1.29, 1.82) is 0 Å². The van der Waals surface area contributed by atoms with Gasteiger partial charge in [-0.1, -0.05) is 13.8 Å². The van der Waals surface area contributed by atoms with E-state index in [2.05, 4.69) is 0 Å². The fourth-order valence-corrected chi connectivity index (χ4v) is 0.782. The fourth-order valence-electron chi connectivity index (χ4n) is 0.782. The molecule has 2 nitrogen and oxygen atoms in total. The molecule has 46 valence electrons. The summed E-state index contributed by atoms with van der Waals surface area (Å²) in [6, 6.07) is 0. The molecular weight excluding hydrogens is 104 g/mol. The second-order valence-electron chi connectivity index (χ2n) is 2.45. The molecule has 0 bridgehead atoms. The highest BCUT2D eigenvalue weighted by atomic mass is 16.6. The number of carbonyl (C=O) groups is 1. The van der Waals surface area contributed by atoms with Gasteiger partial charge in [0.25, 0.3) is 0 Å². The summed E-state index contributed by atoms with van der Waals surface area (Å²) < 4.78 is 4.96. The van der Waals surface area contributed by atoms with Crippen LogP contribution in [0, 0.1) is 5.92 Å². The molecule has 0 spiro atoms. The van der Waals surface area contributed by atoms with Gasteiger partial charge in [-0.3, -0.25) is 0 Å². The average Bonchev–Trinajstić information content (AvgIpc) is 2.42. The first kappa shape index (κ1) is 5.76. The Hall–Kier alpha value is -0.370. The lowest BCUT2D eigenvalue weighted by Crippen LogP contribution is -2.02. The molecule has 0 N–H and O–H groups in total. The zero-order chi connectivity index (χ0) is 6.15. The van der Waals surface area contributed by atoms with Gasteiger partial charge < -0.3 is 9.53 Å². The van der Waals surface area contributed by atoms with Gasteiger partial charge in [-0.05, 0) is 5.92 Å². The van der Waals surface area contributed by atoms with Gasteiger partial charge in [0.1, 0.15) is 6.10 Å². The van der Waals surface area contributed by atoms with Crippen LogP contribution in [0.2, 0.25) is 0 Å². The van der Waals surface area contributed by atoms with E-state index in [1.54, 1.807) is 0 Å². The van der Waals surface area contributed by atoms with Crippen LogP contribution in [0.5, 0.6) is 0 Å². The second kappa shape index (κ2) is 1.86. The summed E-state index contributed by atoms with van der Waals surface area (Å²) in [5, 5.41) is 0. The number of hydrogen-bond donors (Lipinski definition) is 0. The van der Waals surface area contributed by atoms with Crippen molar-refractivity contribution in [3.63, 3.8) is 0 Å². The quantitative estimate of drug-likeness (QED) is 0.389. The summed E-state index contributed by atoms with van der Waals surface area (Å²) in [4.78, 5) is 9.96. The standard InChI is InChI=1S/C6H10O2/c1-4(2)6-5(3-7)8-6/h3-6H,1-2H3/t5-,6+/m0/s1. The van der Waals surface area contributed by atoms with Crippen molar-refractivity contribution in [3.8, 4) is 0 Å². The van der Waals surface area contributed by atoms with E-state index in [4.69, 9.17) is 4.74 Å². The summed E-state index contributed by atoms with van der Waals surface area (Å²) in [5.41, 5.74) is 0. The van der Waals surface area contributed by atoms with E-state index in [0.717, 1.165) is 6.29 Å². The van der Waals surface area contributed by atoms with E-state index >= 15 is 0 Å². The first-order chi connectivity index (χ1) is 3.75. The maximum absolute atomic E-state index is 9.96. The minimum absolute atomic E-state index is 0.0880. The van der Waals surface area contributed by atoms with Crippen LogP contribution in [-0.4, -0.2) is 18.5 Å². The van der Waals surface area contributed by atoms with Crippen LogP contribution >= 0.6 is 0 Å². The smallest absolute Gasteiger partial charge is 0.151 e. The van der Waals surface area contributed by atoms with Crippen LogP contribution in [0.15, 0.2) is 0 Å². The SMILES string of the molecule is CC(C)[C@H]1O[C@H]1C=O. The summed E-state index contributed by atoms with van der Waals surface area (Å²) >= 11 is 0. The lowest BCUT2D eigenvalue weighted by atomic mass is 10.1. The molecule has 0 aromatic heterocycles. The van der Waals surface area contributed by atoms with E-state index in [0.29, 0.717) is 5.92 Å². The maximum Gasteiger partial charge on any atom is 0.151 e. The van der Waals surface area contributed by atoms with Crippen LogP contribution in [-0.2, 0) is 9.53 Å². The highest BCUT2D eigenvalue weighted by Crippen LogP contribution is 2.26. The molecule has 0 unspecified atom stereocenters. The van der Waals surface area contributed by atoms with E-state index < -0.39 is 0 Å². The van der Waals surface area contributed by atoms with Crippen molar-refractivity contribution in [2.75, 3.05) is 0 Å². The Morgan fingerprint density at radius 3 is 2.38 bits per heavy atom. The molecule has 1 aliphatic rings. The molecule has 1 fully saturated rings. The molecule has 1 aliphatic heterocycles. The molecular formula is C6H10O2. The van der Waals surface area contributed by atoms with Gasteiger partial charge in [0.15, 0.2) is 6.29 Å². The topological polar surface area (TPSA) is 29.6 Å². The van der Waals surface area contributed by atoms with Crippen molar-refractivity contribution < 1.29 is 9.53 Å². The molecule has 2 atom stereocenters. The van der Waals surface area contributed by atoms with E-state index in [1.807, 2.05) is 13.8 Å². The Labute approximate surface area is 48.8 Å². The van der Waals surface area contributed by atoms with Crippen LogP contribution in [0.3, 0.4) is 0 Å².